The highest BCUT2D eigenvalue weighted by atomic mass is 32.2. The van der Waals surface area contributed by atoms with Crippen molar-refractivity contribution >= 4 is 21.4 Å². The molecule has 0 bridgehead atoms. The fourth-order valence-electron chi connectivity index (χ4n) is 2.07. The summed E-state index contributed by atoms with van der Waals surface area (Å²) in [4.78, 5) is 23.8. The van der Waals surface area contributed by atoms with E-state index in [4.69, 9.17) is 5.11 Å². The highest BCUT2D eigenvalue weighted by Gasteiger charge is 2.36. The molecular formula is C13H12O5S. The number of sulfone groups is 1. The molecule has 0 heterocycles. The molecule has 0 unspecified atom stereocenters. The molecule has 5 nitrogen and oxygen atoms in total. The fraction of sp³-hybridized carbons (Fsp3) is 0.231. The minimum absolute atomic E-state index is 0.0860. The van der Waals surface area contributed by atoms with E-state index >= 15 is 0 Å². The lowest BCUT2D eigenvalue weighted by Gasteiger charge is -2.18. The number of fused-ring (bicyclic) bond motifs is 1. The SMILES string of the molecule is CC1=C(S(=O)(=O)CCO)C(=O)c2ccccc2C1=O. The van der Waals surface area contributed by atoms with Crippen LogP contribution in [-0.2, 0) is 9.84 Å². The Morgan fingerprint density at radius 3 is 2.11 bits per heavy atom. The van der Waals surface area contributed by atoms with Crippen LogP contribution in [0.25, 0.3) is 0 Å². The highest BCUT2D eigenvalue weighted by molar-refractivity contribution is 7.96. The first-order valence-electron chi connectivity index (χ1n) is 5.63. The number of carbonyl (C=O) groups excluding carboxylic acids is 2. The van der Waals surface area contributed by atoms with Crippen molar-refractivity contribution in [3.8, 4) is 0 Å². The number of allylic oxidation sites excluding steroid dienone is 2. The van der Waals surface area contributed by atoms with Crippen LogP contribution in [0.3, 0.4) is 0 Å². The van der Waals surface area contributed by atoms with Crippen LogP contribution in [0.4, 0.5) is 0 Å². The average Bonchev–Trinajstić information content (AvgIpc) is 2.36. The summed E-state index contributed by atoms with van der Waals surface area (Å²) >= 11 is 0. The molecule has 0 fully saturated rings. The minimum atomic E-state index is -3.95. The summed E-state index contributed by atoms with van der Waals surface area (Å²) in [6.07, 6.45) is 0. The zero-order chi connectivity index (χ0) is 14.2. The second kappa shape index (κ2) is 4.71. The fourth-order valence-corrected chi connectivity index (χ4v) is 3.47. The Balaban J connectivity index is 2.68. The van der Waals surface area contributed by atoms with Crippen molar-refractivity contribution in [1.29, 1.82) is 0 Å². The smallest absolute Gasteiger partial charge is 0.205 e. The second-order valence-electron chi connectivity index (χ2n) is 4.20. The maximum atomic E-state index is 12.2. The van der Waals surface area contributed by atoms with Gasteiger partial charge in [0.25, 0.3) is 0 Å². The predicted molar refractivity (Wildman–Crippen MR) is 68.7 cm³/mol. The van der Waals surface area contributed by atoms with E-state index in [9.17, 15) is 18.0 Å². The van der Waals surface area contributed by atoms with Gasteiger partial charge in [-0.2, -0.15) is 0 Å². The number of Topliss-reactive ketones (excluding diaryl/α,β-unsaturated/α-hetero) is 2. The van der Waals surface area contributed by atoms with Gasteiger partial charge < -0.3 is 5.11 Å². The first kappa shape index (κ1) is 13.6. The summed E-state index contributed by atoms with van der Waals surface area (Å²) in [6, 6.07) is 6.11. The zero-order valence-electron chi connectivity index (χ0n) is 10.2. The molecule has 0 radical (unpaired) electrons. The average molecular weight is 280 g/mol. The summed E-state index contributed by atoms with van der Waals surface area (Å²) in [6.45, 7) is 0.725. The number of hydrogen-bond acceptors (Lipinski definition) is 5. The first-order chi connectivity index (χ1) is 8.90. The van der Waals surface area contributed by atoms with Crippen LogP contribution < -0.4 is 0 Å². The monoisotopic (exact) mass is 280 g/mol. The van der Waals surface area contributed by atoms with Crippen molar-refractivity contribution in [3.05, 3.63) is 45.9 Å². The van der Waals surface area contributed by atoms with Gasteiger partial charge in [0.15, 0.2) is 15.6 Å². The number of ketones is 2. The van der Waals surface area contributed by atoms with Gasteiger partial charge in [-0.25, -0.2) is 8.42 Å². The molecule has 100 valence electrons. The number of hydrogen-bond donors (Lipinski definition) is 1. The third kappa shape index (κ3) is 2.13. The van der Waals surface area contributed by atoms with Crippen LogP contribution in [0.1, 0.15) is 27.6 Å². The lowest BCUT2D eigenvalue weighted by molar-refractivity contribution is 0.0980. The van der Waals surface area contributed by atoms with Gasteiger partial charge in [0.2, 0.25) is 5.78 Å². The first-order valence-corrected chi connectivity index (χ1v) is 7.28. The number of aliphatic hydroxyl groups is 1. The molecule has 2 rings (SSSR count). The third-order valence-electron chi connectivity index (χ3n) is 2.97. The van der Waals surface area contributed by atoms with E-state index in [0.29, 0.717) is 0 Å². The molecule has 0 aromatic heterocycles. The topological polar surface area (TPSA) is 88.5 Å². The molecule has 0 amide bonds. The quantitative estimate of drug-likeness (QED) is 0.882. The Hall–Kier alpha value is -1.79. The Bertz CT molecular complexity index is 697. The molecule has 0 atom stereocenters. The van der Waals surface area contributed by atoms with E-state index in [0.717, 1.165) is 0 Å². The van der Waals surface area contributed by atoms with Gasteiger partial charge in [-0.1, -0.05) is 24.3 Å². The molecule has 19 heavy (non-hydrogen) atoms. The van der Waals surface area contributed by atoms with E-state index < -0.39 is 38.7 Å². The van der Waals surface area contributed by atoms with Gasteiger partial charge in [0.05, 0.1) is 12.4 Å². The van der Waals surface area contributed by atoms with Gasteiger partial charge in [0.1, 0.15) is 4.91 Å². The molecular weight excluding hydrogens is 268 g/mol. The predicted octanol–water partition coefficient (Wildman–Crippen LogP) is 0.747. The molecule has 1 aliphatic rings. The van der Waals surface area contributed by atoms with Gasteiger partial charge in [0, 0.05) is 16.7 Å². The third-order valence-corrected chi connectivity index (χ3v) is 4.81. The molecule has 1 aliphatic carbocycles. The molecule has 1 aromatic carbocycles. The summed E-state index contributed by atoms with van der Waals surface area (Å²) in [7, 11) is -3.95. The Labute approximate surface area is 110 Å². The Morgan fingerprint density at radius 2 is 1.58 bits per heavy atom. The zero-order valence-corrected chi connectivity index (χ0v) is 11.0. The molecule has 1 N–H and O–H groups in total. The Morgan fingerprint density at radius 1 is 1.05 bits per heavy atom. The molecule has 0 saturated carbocycles. The number of rotatable bonds is 3. The summed E-state index contributed by atoms with van der Waals surface area (Å²) in [5.74, 6) is -1.71. The van der Waals surface area contributed by atoms with E-state index in [-0.39, 0.29) is 16.7 Å². The molecule has 1 aromatic rings. The number of carbonyl (C=O) groups is 2. The largest absolute Gasteiger partial charge is 0.395 e. The highest BCUT2D eigenvalue weighted by Crippen LogP contribution is 2.29. The normalized spacial score (nSPS) is 15.7. The van der Waals surface area contributed by atoms with Crippen LogP contribution in [0, 0.1) is 0 Å². The van der Waals surface area contributed by atoms with E-state index in [1.165, 1.54) is 19.1 Å². The van der Waals surface area contributed by atoms with Crippen molar-refractivity contribution in [1.82, 2.24) is 0 Å². The van der Waals surface area contributed by atoms with Crippen LogP contribution >= 0.6 is 0 Å². The van der Waals surface area contributed by atoms with Crippen molar-refractivity contribution in [2.24, 2.45) is 0 Å². The Kier molecular flexibility index (Phi) is 3.38. The standard InChI is InChI=1S/C13H12O5S/c1-8-11(15)9-4-2-3-5-10(9)12(16)13(8)19(17,18)7-6-14/h2-5,14H,6-7H2,1H3. The summed E-state index contributed by atoms with van der Waals surface area (Å²) in [5, 5.41) is 8.77. The van der Waals surface area contributed by atoms with E-state index in [1.54, 1.807) is 12.1 Å². The van der Waals surface area contributed by atoms with Gasteiger partial charge >= 0.3 is 0 Å². The van der Waals surface area contributed by atoms with Crippen molar-refractivity contribution in [3.63, 3.8) is 0 Å². The maximum absolute atomic E-state index is 12.2. The lowest BCUT2D eigenvalue weighted by atomic mass is 9.90. The molecule has 0 saturated heterocycles. The number of benzene rings is 1. The van der Waals surface area contributed by atoms with Crippen LogP contribution in [0.2, 0.25) is 0 Å². The van der Waals surface area contributed by atoms with Gasteiger partial charge in [-0.15, -0.1) is 0 Å². The molecule has 6 heteroatoms. The van der Waals surface area contributed by atoms with E-state index in [1.807, 2.05) is 0 Å². The van der Waals surface area contributed by atoms with Gasteiger partial charge in [-0.3, -0.25) is 9.59 Å². The van der Waals surface area contributed by atoms with Crippen molar-refractivity contribution in [2.75, 3.05) is 12.4 Å². The summed E-state index contributed by atoms with van der Waals surface area (Å²) < 4.78 is 23.9. The maximum Gasteiger partial charge on any atom is 0.205 e. The minimum Gasteiger partial charge on any atom is -0.395 e. The van der Waals surface area contributed by atoms with Gasteiger partial charge in [-0.05, 0) is 6.92 Å². The molecule has 0 aliphatic heterocycles. The lowest BCUT2D eigenvalue weighted by Crippen LogP contribution is -2.27. The second-order valence-corrected chi connectivity index (χ2v) is 6.25. The molecule has 0 spiro atoms. The van der Waals surface area contributed by atoms with Crippen LogP contribution in [0.5, 0.6) is 0 Å². The van der Waals surface area contributed by atoms with Crippen molar-refractivity contribution < 1.29 is 23.1 Å². The van der Waals surface area contributed by atoms with Crippen LogP contribution in [-0.4, -0.2) is 37.5 Å². The van der Waals surface area contributed by atoms with E-state index in [2.05, 4.69) is 0 Å². The number of aliphatic hydroxyl groups excluding tert-OH is 1. The van der Waals surface area contributed by atoms with Crippen molar-refractivity contribution in [2.45, 2.75) is 6.92 Å². The van der Waals surface area contributed by atoms with Crippen LogP contribution in [0.15, 0.2) is 34.7 Å². The summed E-state index contributed by atoms with van der Waals surface area (Å²) in [5.41, 5.74) is 0.222.